The maximum Gasteiger partial charge on any atom is 0.227 e. The summed E-state index contributed by atoms with van der Waals surface area (Å²) in [5.41, 5.74) is 0.675. The first-order chi connectivity index (χ1) is 10.3. The van der Waals surface area contributed by atoms with E-state index in [-0.39, 0.29) is 18.4 Å². The minimum Gasteiger partial charge on any atom is -0.483 e. The highest BCUT2D eigenvalue weighted by Crippen LogP contribution is 2.32. The van der Waals surface area contributed by atoms with Gasteiger partial charge < -0.3 is 14.6 Å². The van der Waals surface area contributed by atoms with E-state index in [1.807, 2.05) is 31.2 Å². The van der Waals surface area contributed by atoms with Crippen molar-refractivity contribution in [3.05, 3.63) is 36.0 Å². The molecule has 0 bridgehead atoms. The molecule has 0 aliphatic heterocycles. The number of aryl methyl sites for hydroxylation is 1. The number of nitrogens with zero attached hydrogens (tertiary/aromatic N) is 2. The van der Waals surface area contributed by atoms with Crippen LogP contribution in [0.5, 0.6) is 5.75 Å². The van der Waals surface area contributed by atoms with E-state index in [0.717, 1.165) is 12.8 Å². The molecule has 6 nitrogen and oxygen atoms in total. The minimum absolute atomic E-state index is 0.0545. The van der Waals surface area contributed by atoms with E-state index in [4.69, 9.17) is 9.26 Å². The minimum atomic E-state index is 0.0545. The van der Waals surface area contributed by atoms with Crippen LogP contribution in [0.3, 0.4) is 0 Å². The van der Waals surface area contributed by atoms with Crippen molar-refractivity contribution in [2.45, 2.75) is 32.8 Å². The van der Waals surface area contributed by atoms with Crippen LogP contribution < -0.4 is 10.1 Å². The molecule has 1 fully saturated rings. The fourth-order valence-electron chi connectivity index (χ4n) is 1.91. The van der Waals surface area contributed by atoms with Crippen LogP contribution in [0.4, 0.5) is 5.69 Å². The van der Waals surface area contributed by atoms with Crippen LogP contribution in [0.25, 0.3) is 0 Å². The Balaban J connectivity index is 1.65. The summed E-state index contributed by atoms with van der Waals surface area (Å²) in [6, 6.07) is 7.35. The van der Waals surface area contributed by atoms with Crippen LogP contribution in [0.1, 0.15) is 31.5 Å². The van der Waals surface area contributed by atoms with Gasteiger partial charge in [0.2, 0.25) is 17.6 Å². The summed E-state index contributed by atoms with van der Waals surface area (Å²) in [5, 5.41) is 6.73. The van der Waals surface area contributed by atoms with Crippen molar-refractivity contribution >= 4 is 11.6 Å². The summed E-state index contributed by atoms with van der Waals surface area (Å²) in [6.07, 6.45) is 2.63. The lowest BCUT2D eigenvalue weighted by molar-refractivity contribution is -0.117. The molecule has 1 amide bonds. The first-order valence-corrected chi connectivity index (χ1v) is 7.10. The van der Waals surface area contributed by atoms with Gasteiger partial charge in [0, 0.05) is 12.3 Å². The second-order valence-corrected chi connectivity index (χ2v) is 5.01. The van der Waals surface area contributed by atoms with Gasteiger partial charge in [-0.05, 0) is 25.0 Å². The second kappa shape index (κ2) is 5.95. The standard InChI is InChI=1S/C15H17N3O3/c1-2-14-17-13(18-21-14)9-20-12-6-4-3-5-11(12)16-15(19)10-7-8-10/h3-6,10H,2,7-9H2,1H3,(H,16,19). The van der Waals surface area contributed by atoms with Crippen molar-refractivity contribution in [1.29, 1.82) is 0 Å². The molecule has 1 saturated carbocycles. The summed E-state index contributed by atoms with van der Waals surface area (Å²) >= 11 is 0. The highest BCUT2D eigenvalue weighted by Gasteiger charge is 2.30. The SMILES string of the molecule is CCc1nc(COc2ccccc2NC(=O)C2CC2)no1. The molecule has 1 N–H and O–H groups in total. The predicted octanol–water partition coefficient (Wildman–Crippen LogP) is 2.56. The Hall–Kier alpha value is -2.37. The third-order valence-corrected chi connectivity index (χ3v) is 3.26. The average molecular weight is 287 g/mol. The molecule has 1 aromatic heterocycles. The molecule has 0 radical (unpaired) electrons. The number of carbonyl (C=O) groups is 1. The van der Waals surface area contributed by atoms with Gasteiger partial charge in [0.05, 0.1) is 5.69 Å². The predicted molar refractivity (Wildman–Crippen MR) is 75.8 cm³/mol. The summed E-state index contributed by atoms with van der Waals surface area (Å²) in [5.74, 6) is 1.90. The Morgan fingerprint density at radius 3 is 2.95 bits per heavy atom. The van der Waals surface area contributed by atoms with Crippen LogP contribution in [-0.2, 0) is 17.8 Å². The molecule has 0 unspecified atom stereocenters. The maximum atomic E-state index is 11.8. The average Bonchev–Trinajstić information content (AvgIpc) is 3.26. The largest absolute Gasteiger partial charge is 0.483 e. The summed E-state index contributed by atoms with van der Waals surface area (Å²) in [6.45, 7) is 2.15. The zero-order chi connectivity index (χ0) is 14.7. The Kier molecular flexibility index (Phi) is 3.85. The number of hydrogen-bond donors (Lipinski definition) is 1. The van der Waals surface area contributed by atoms with E-state index in [1.54, 1.807) is 0 Å². The van der Waals surface area contributed by atoms with Gasteiger partial charge in [0.1, 0.15) is 5.75 Å². The van der Waals surface area contributed by atoms with Crippen molar-refractivity contribution < 1.29 is 14.1 Å². The molecule has 6 heteroatoms. The lowest BCUT2D eigenvalue weighted by atomic mass is 10.2. The van der Waals surface area contributed by atoms with Crippen LogP contribution in [0.2, 0.25) is 0 Å². The molecule has 110 valence electrons. The summed E-state index contributed by atoms with van der Waals surface area (Å²) < 4.78 is 10.7. The quantitative estimate of drug-likeness (QED) is 0.883. The molecule has 21 heavy (non-hydrogen) atoms. The van der Waals surface area contributed by atoms with Gasteiger partial charge in [-0.15, -0.1) is 0 Å². The molecule has 0 atom stereocenters. The summed E-state index contributed by atoms with van der Waals surface area (Å²) in [4.78, 5) is 16.0. The van der Waals surface area contributed by atoms with Crippen LogP contribution in [0.15, 0.2) is 28.8 Å². The fraction of sp³-hybridized carbons (Fsp3) is 0.400. The molecule has 0 saturated heterocycles. The lowest BCUT2D eigenvalue weighted by Crippen LogP contribution is -2.14. The van der Waals surface area contributed by atoms with Crippen molar-refractivity contribution in [2.75, 3.05) is 5.32 Å². The normalized spacial score (nSPS) is 14.0. The van der Waals surface area contributed by atoms with Gasteiger partial charge in [-0.1, -0.05) is 24.2 Å². The molecule has 0 spiro atoms. The molecule has 1 aromatic carbocycles. The van der Waals surface area contributed by atoms with Crippen molar-refractivity contribution in [1.82, 2.24) is 10.1 Å². The number of nitrogens with one attached hydrogen (secondary N) is 1. The van der Waals surface area contributed by atoms with Gasteiger partial charge in [-0.2, -0.15) is 4.98 Å². The van der Waals surface area contributed by atoms with E-state index in [0.29, 0.717) is 29.6 Å². The third-order valence-electron chi connectivity index (χ3n) is 3.26. The second-order valence-electron chi connectivity index (χ2n) is 5.01. The number of para-hydroxylation sites is 2. The zero-order valence-electron chi connectivity index (χ0n) is 11.8. The van der Waals surface area contributed by atoms with E-state index in [2.05, 4.69) is 15.5 Å². The van der Waals surface area contributed by atoms with E-state index < -0.39 is 0 Å². The molecule has 3 rings (SSSR count). The smallest absolute Gasteiger partial charge is 0.227 e. The Bertz CT molecular complexity index is 635. The van der Waals surface area contributed by atoms with Crippen molar-refractivity contribution in [3.8, 4) is 5.75 Å². The number of anilines is 1. The van der Waals surface area contributed by atoms with Gasteiger partial charge in [-0.3, -0.25) is 4.79 Å². The van der Waals surface area contributed by atoms with Crippen molar-refractivity contribution in [2.24, 2.45) is 5.92 Å². The molecular weight excluding hydrogens is 270 g/mol. The number of ether oxygens (including phenoxy) is 1. The number of rotatable bonds is 6. The highest BCUT2D eigenvalue weighted by molar-refractivity contribution is 5.95. The molecular formula is C15H17N3O3. The number of aromatic nitrogens is 2. The zero-order valence-corrected chi connectivity index (χ0v) is 11.8. The first kappa shape index (κ1) is 13.6. The van der Waals surface area contributed by atoms with Crippen LogP contribution in [-0.4, -0.2) is 16.0 Å². The van der Waals surface area contributed by atoms with Crippen LogP contribution in [0, 0.1) is 5.92 Å². The maximum absolute atomic E-state index is 11.8. The highest BCUT2D eigenvalue weighted by atomic mass is 16.5. The van der Waals surface area contributed by atoms with E-state index in [9.17, 15) is 4.79 Å². The van der Waals surface area contributed by atoms with E-state index >= 15 is 0 Å². The van der Waals surface area contributed by atoms with Gasteiger partial charge in [-0.25, -0.2) is 0 Å². The number of hydrogen-bond acceptors (Lipinski definition) is 5. The third kappa shape index (κ3) is 3.39. The molecule has 1 aliphatic carbocycles. The topological polar surface area (TPSA) is 77.2 Å². The molecule has 1 aliphatic rings. The Labute approximate surface area is 122 Å². The van der Waals surface area contributed by atoms with Crippen molar-refractivity contribution in [3.63, 3.8) is 0 Å². The number of benzene rings is 1. The first-order valence-electron chi connectivity index (χ1n) is 7.10. The summed E-state index contributed by atoms with van der Waals surface area (Å²) in [7, 11) is 0. The molecule has 1 heterocycles. The Morgan fingerprint density at radius 2 is 2.24 bits per heavy atom. The van der Waals surface area contributed by atoms with Crippen LogP contribution >= 0.6 is 0 Å². The molecule has 2 aromatic rings. The van der Waals surface area contributed by atoms with Gasteiger partial charge in [0.25, 0.3) is 0 Å². The Morgan fingerprint density at radius 1 is 1.43 bits per heavy atom. The lowest BCUT2D eigenvalue weighted by Gasteiger charge is -2.10. The van der Waals surface area contributed by atoms with E-state index in [1.165, 1.54) is 0 Å². The monoisotopic (exact) mass is 287 g/mol. The van der Waals surface area contributed by atoms with Gasteiger partial charge in [0.15, 0.2) is 6.61 Å². The van der Waals surface area contributed by atoms with Gasteiger partial charge >= 0.3 is 0 Å². The number of amides is 1. The number of carbonyl (C=O) groups excluding carboxylic acids is 1. The fourth-order valence-corrected chi connectivity index (χ4v) is 1.91.